The van der Waals surface area contributed by atoms with Gasteiger partial charge >= 0.3 is 6.03 Å². The first kappa shape index (κ1) is 22.3. The molecule has 0 spiro atoms. The van der Waals surface area contributed by atoms with Crippen LogP contribution in [0, 0.1) is 0 Å². The van der Waals surface area contributed by atoms with Crippen molar-refractivity contribution in [1.82, 2.24) is 15.1 Å². The maximum atomic E-state index is 12.8. The van der Waals surface area contributed by atoms with Gasteiger partial charge in [0.2, 0.25) is 0 Å². The van der Waals surface area contributed by atoms with Gasteiger partial charge < -0.3 is 20.5 Å². The Bertz CT molecular complexity index is 1120. The van der Waals surface area contributed by atoms with Crippen LogP contribution in [0.4, 0.5) is 10.5 Å². The van der Waals surface area contributed by atoms with E-state index in [1.165, 1.54) is 16.7 Å². The van der Waals surface area contributed by atoms with Crippen molar-refractivity contribution in [3.8, 4) is 0 Å². The fourth-order valence-corrected chi connectivity index (χ4v) is 4.35. The van der Waals surface area contributed by atoms with Crippen LogP contribution in [0.1, 0.15) is 49.9 Å². The molecular formula is C25H32N4O3. The summed E-state index contributed by atoms with van der Waals surface area (Å²) in [5.74, 6) is 0. The Hall–Kier alpha value is -2.90. The van der Waals surface area contributed by atoms with E-state index in [1.807, 2.05) is 18.2 Å². The highest BCUT2D eigenvalue weighted by Gasteiger charge is 2.26. The fourth-order valence-electron chi connectivity index (χ4n) is 4.35. The third kappa shape index (κ3) is 4.64. The number of anilines is 1. The summed E-state index contributed by atoms with van der Waals surface area (Å²) in [7, 11) is 1.55. The zero-order valence-electron chi connectivity index (χ0n) is 19.2. The number of carbonyl (C=O) groups is 1. The van der Waals surface area contributed by atoms with Crippen molar-refractivity contribution < 1.29 is 14.6 Å². The molecule has 0 bridgehead atoms. The fraction of sp³-hybridized carbons (Fsp3) is 0.440. The van der Waals surface area contributed by atoms with Crippen LogP contribution in [0.5, 0.6) is 0 Å². The minimum Gasteiger partial charge on any atom is -0.389 e. The number of methoxy groups -OCH3 is 1. The lowest BCUT2D eigenvalue weighted by Gasteiger charge is -2.21. The quantitative estimate of drug-likeness (QED) is 0.542. The molecule has 0 saturated heterocycles. The number of carbonyl (C=O) groups excluding carboxylic acids is 1. The molecule has 1 aliphatic carbocycles. The Morgan fingerprint density at radius 2 is 2.12 bits per heavy atom. The summed E-state index contributed by atoms with van der Waals surface area (Å²) in [6.07, 6.45) is 2.93. The molecule has 0 radical (unpaired) electrons. The number of aromatic nitrogens is 2. The monoisotopic (exact) mass is 436 g/mol. The summed E-state index contributed by atoms with van der Waals surface area (Å²) in [5, 5.41) is 21.3. The molecule has 2 atom stereocenters. The molecule has 0 fully saturated rings. The van der Waals surface area contributed by atoms with Gasteiger partial charge in [-0.25, -0.2) is 4.79 Å². The molecule has 4 rings (SSSR count). The zero-order valence-corrected chi connectivity index (χ0v) is 19.2. The maximum Gasteiger partial charge on any atom is 0.319 e. The number of hydrogen-bond acceptors (Lipinski definition) is 4. The predicted octanol–water partition coefficient (Wildman–Crippen LogP) is 4.15. The lowest BCUT2D eigenvalue weighted by molar-refractivity contribution is 0.0522. The first-order chi connectivity index (χ1) is 15.3. The smallest absolute Gasteiger partial charge is 0.319 e. The highest BCUT2D eigenvalue weighted by Crippen LogP contribution is 2.34. The third-order valence-electron chi connectivity index (χ3n) is 6.07. The normalized spacial score (nSPS) is 16.7. The standard InChI is InChI=1S/C25H32N4O3/c1-25(2,3)17-9-10-19-16(12-17)8-11-22(19)28-24(31)27-21-6-5-7-23-20(21)13-26-29(23)14-18(30)15-32-4/h5-7,9-10,12-13,18,22,30H,8,11,14-15H2,1-4H3,(H2,27,28,31)/t18?,22-/m1/s1. The second-order valence-electron chi connectivity index (χ2n) is 9.53. The van der Waals surface area contributed by atoms with Gasteiger partial charge in [-0.05, 0) is 47.1 Å². The van der Waals surface area contributed by atoms with Crippen LogP contribution in [0.25, 0.3) is 10.9 Å². The molecule has 3 N–H and O–H groups in total. The van der Waals surface area contributed by atoms with Crippen LogP contribution in [0.3, 0.4) is 0 Å². The van der Waals surface area contributed by atoms with Crippen LogP contribution < -0.4 is 10.6 Å². The number of hydrogen-bond donors (Lipinski definition) is 3. The van der Waals surface area contributed by atoms with Crippen molar-refractivity contribution in [2.45, 2.75) is 57.7 Å². The van der Waals surface area contributed by atoms with Crippen LogP contribution >= 0.6 is 0 Å². The van der Waals surface area contributed by atoms with Gasteiger partial charge in [0.05, 0.1) is 42.7 Å². The predicted molar refractivity (Wildman–Crippen MR) is 126 cm³/mol. The molecule has 2 aromatic carbocycles. The Kier molecular flexibility index (Phi) is 6.22. The number of urea groups is 1. The summed E-state index contributed by atoms with van der Waals surface area (Å²) in [5.41, 5.74) is 5.49. The van der Waals surface area contributed by atoms with Gasteiger partial charge in [-0.15, -0.1) is 0 Å². The second-order valence-corrected chi connectivity index (χ2v) is 9.53. The molecule has 32 heavy (non-hydrogen) atoms. The van der Waals surface area contributed by atoms with Gasteiger partial charge in [0.15, 0.2) is 0 Å². The number of aryl methyl sites for hydroxylation is 1. The molecule has 1 aromatic heterocycles. The van der Waals surface area contributed by atoms with Gasteiger partial charge in [0.25, 0.3) is 0 Å². The van der Waals surface area contributed by atoms with Gasteiger partial charge in [-0.1, -0.05) is 45.0 Å². The number of aliphatic hydroxyl groups excluding tert-OH is 1. The molecular weight excluding hydrogens is 404 g/mol. The molecule has 0 saturated carbocycles. The van der Waals surface area contributed by atoms with E-state index in [0.717, 1.165) is 23.7 Å². The van der Waals surface area contributed by atoms with Crippen LogP contribution in [-0.2, 0) is 23.1 Å². The molecule has 2 amide bonds. The van der Waals surface area contributed by atoms with Crippen molar-refractivity contribution >= 4 is 22.6 Å². The van der Waals surface area contributed by atoms with Crippen molar-refractivity contribution in [2.75, 3.05) is 19.0 Å². The SMILES string of the molecule is COCC(O)Cn1ncc2c(NC(=O)N[C@@H]3CCc4cc(C(C)(C)C)ccc43)cccc21. The van der Waals surface area contributed by atoms with Gasteiger partial charge in [0.1, 0.15) is 0 Å². The van der Waals surface area contributed by atoms with E-state index in [4.69, 9.17) is 4.74 Å². The van der Waals surface area contributed by atoms with E-state index in [0.29, 0.717) is 12.2 Å². The largest absolute Gasteiger partial charge is 0.389 e. The highest BCUT2D eigenvalue weighted by atomic mass is 16.5. The number of benzene rings is 2. The number of fused-ring (bicyclic) bond motifs is 2. The molecule has 1 aliphatic rings. The zero-order chi connectivity index (χ0) is 22.9. The number of nitrogens with zero attached hydrogens (tertiary/aromatic N) is 2. The van der Waals surface area contributed by atoms with Crippen molar-refractivity contribution in [1.29, 1.82) is 0 Å². The summed E-state index contributed by atoms with van der Waals surface area (Å²) < 4.78 is 6.72. The first-order valence-electron chi connectivity index (χ1n) is 11.1. The molecule has 7 nitrogen and oxygen atoms in total. The third-order valence-corrected chi connectivity index (χ3v) is 6.07. The first-order valence-corrected chi connectivity index (χ1v) is 11.1. The number of amides is 2. The summed E-state index contributed by atoms with van der Waals surface area (Å²) >= 11 is 0. The summed E-state index contributed by atoms with van der Waals surface area (Å²) in [6, 6.07) is 12.0. The number of aliphatic hydroxyl groups is 1. The molecule has 170 valence electrons. The maximum absolute atomic E-state index is 12.8. The second kappa shape index (κ2) is 8.92. The molecule has 3 aromatic rings. The average molecular weight is 437 g/mol. The topological polar surface area (TPSA) is 88.4 Å². The minimum atomic E-state index is -0.649. The van der Waals surface area contributed by atoms with E-state index in [1.54, 1.807) is 18.0 Å². The number of rotatable bonds is 6. The minimum absolute atomic E-state index is 0.00476. The van der Waals surface area contributed by atoms with Crippen molar-refractivity contribution in [3.05, 3.63) is 59.3 Å². The lowest BCUT2D eigenvalue weighted by atomic mass is 9.85. The molecule has 7 heteroatoms. The van der Waals surface area contributed by atoms with Crippen molar-refractivity contribution in [3.63, 3.8) is 0 Å². The van der Waals surface area contributed by atoms with E-state index >= 15 is 0 Å². The van der Waals surface area contributed by atoms with E-state index < -0.39 is 6.10 Å². The lowest BCUT2D eigenvalue weighted by Crippen LogP contribution is -2.31. The highest BCUT2D eigenvalue weighted by molar-refractivity contribution is 6.00. The summed E-state index contributed by atoms with van der Waals surface area (Å²) in [4.78, 5) is 12.8. The Labute approximate surface area is 188 Å². The number of ether oxygens (including phenoxy) is 1. The van der Waals surface area contributed by atoms with E-state index in [-0.39, 0.29) is 24.1 Å². The average Bonchev–Trinajstić information content (AvgIpc) is 3.32. The van der Waals surface area contributed by atoms with Crippen molar-refractivity contribution in [2.24, 2.45) is 0 Å². The molecule has 1 heterocycles. The summed E-state index contributed by atoms with van der Waals surface area (Å²) in [6.45, 7) is 7.21. The van der Waals surface area contributed by atoms with E-state index in [9.17, 15) is 9.90 Å². The molecule has 0 aliphatic heterocycles. The Morgan fingerprint density at radius 1 is 1.31 bits per heavy atom. The Balaban J connectivity index is 1.46. The van der Waals surface area contributed by atoms with Crippen LogP contribution in [-0.4, -0.2) is 40.7 Å². The van der Waals surface area contributed by atoms with Crippen LogP contribution in [0.2, 0.25) is 0 Å². The van der Waals surface area contributed by atoms with E-state index in [2.05, 4.69) is 54.7 Å². The molecule has 1 unspecified atom stereocenters. The Morgan fingerprint density at radius 3 is 2.88 bits per heavy atom. The van der Waals surface area contributed by atoms with Crippen LogP contribution in [0.15, 0.2) is 42.6 Å². The van der Waals surface area contributed by atoms with Gasteiger partial charge in [-0.2, -0.15) is 5.10 Å². The van der Waals surface area contributed by atoms with Gasteiger partial charge in [0, 0.05) is 12.5 Å². The van der Waals surface area contributed by atoms with Gasteiger partial charge in [-0.3, -0.25) is 4.68 Å². The number of nitrogens with one attached hydrogen (secondary N) is 2.